The maximum Gasteiger partial charge on any atom is 0.270 e. The number of hydrogen-bond acceptors (Lipinski definition) is 6. The first-order valence-corrected chi connectivity index (χ1v) is 11.5. The second-order valence-electron chi connectivity index (χ2n) is 6.97. The molecule has 1 N–H and O–H groups in total. The summed E-state index contributed by atoms with van der Waals surface area (Å²) in [7, 11) is -4.07. The summed E-state index contributed by atoms with van der Waals surface area (Å²) in [6.07, 6.45) is 1.11. The lowest BCUT2D eigenvalue weighted by Crippen LogP contribution is -2.39. The fourth-order valence-electron chi connectivity index (χ4n) is 2.87. The third kappa shape index (κ3) is 6.44. The Morgan fingerprint density at radius 3 is 2.44 bits per heavy atom. The van der Waals surface area contributed by atoms with Crippen LogP contribution in [0.15, 0.2) is 82.8 Å². The van der Waals surface area contributed by atoms with Crippen LogP contribution in [0, 0.1) is 15.9 Å². The molecule has 0 atom stereocenters. The summed E-state index contributed by atoms with van der Waals surface area (Å²) >= 11 is 5.99. The molecule has 0 aliphatic rings. The Labute approximate surface area is 199 Å². The third-order valence-electron chi connectivity index (χ3n) is 4.56. The Morgan fingerprint density at radius 1 is 1.12 bits per heavy atom. The number of sulfonamides is 1. The van der Waals surface area contributed by atoms with Gasteiger partial charge in [-0.25, -0.2) is 18.2 Å². The van der Waals surface area contributed by atoms with Crippen LogP contribution in [0.4, 0.5) is 10.1 Å². The van der Waals surface area contributed by atoms with E-state index in [4.69, 9.17) is 11.6 Å². The molecule has 0 unspecified atom stereocenters. The van der Waals surface area contributed by atoms with Crippen molar-refractivity contribution in [3.05, 3.63) is 105 Å². The molecule has 0 radical (unpaired) electrons. The number of amides is 1. The smallest absolute Gasteiger partial charge is 0.270 e. The van der Waals surface area contributed by atoms with Crippen LogP contribution in [0.2, 0.25) is 5.02 Å². The van der Waals surface area contributed by atoms with E-state index in [1.54, 1.807) is 18.2 Å². The minimum atomic E-state index is -4.07. The van der Waals surface area contributed by atoms with E-state index in [0.29, 0.717) is 5.56 Å². The average Bonchev–Trinajstić information content (AvgIpc) is 2.81. The topological polar surface area (TPSA) is 122 Å². The molecule has 3 aromatic rings. The van der Waals surface area contributed by atoms with Gasteiger partial charge >= 0.3 is 0 Å². The first-order valence-electron chi connectivity index (χ1n) is 9.72. The van der Waals surface area contributed by atoms with Crippen molar-refractivity contribution in [2.45, 2.75) is 11.4 Å². The van der Waals surface area contributed by atoms with Crippen LogP contribution in [-0.2, 0) is 21.4 Å². The number of nitro benzene ring substituents is 1. The Kier molecular flexibility index (Phi) is 8.05. The van der Waals surface area contributed by atoms with Gasteiger partial charge in [-0.3, -0.25) is 14.9 Å². The molecule has 34 heavy (non-hydrogen) atoms. The van der Waals surface area contributed by atoms with E-state index in [1.165, 1.54) is 54.6 Å². The van der Waals surface area contributed by atoms with E-state index in [9.17, 15) is 27.7 Å². The first kappa shape index (κ1) is 25.0. The van der Waals surface area contributed by atoms with Crippen LogP contribution in [0.5, 0.6) is 0 Å². The Bertz CT molecular complexity index is 1320. The van der Waals surface area contributed by atoms with Gasteiger partial charge in [-0.2, -0.15) is 9.41 Å². The summed E-state index contributed by atoms with van der Waals surface area (Å²) in [5.74, 6) is -1.24. The lowest BCUT2D eigenvalue weighted by Gasteiger charge is -2.21. The normalized spacial score (nSPS) is 11.6. The van der Waals surface area contributed by atoms with Crippen molar-refractivity contribution in [3.8, 4) is 0 Å². The molecule has 0 aliphatic heterocycles. The van der Waals surface area contributed by atoms with Crippen LogP contribution in [0.25, 0.3) is 0 Å². The number of nitro groups is 1. The van der Waals surface area contributed by atoms with E-state index < -0.39 is 33.2 Å². The van der Waals surface area contributed by atoms with Gasteiger partial charge in [0.1, 0.15) is 5.82 Å². The van der Waals surface area contributed by atoms with Crippen LogP contribution in [0.1, 0.15) is 11.1 Å². The van der Waals surface area contributed by atoms with Gasteiger partial charge in [0.2, 0.25) is 10.0 Å². The molecule has 0 saturated heterocycles. The van der Waals surface area contributed by atoms with Gasteiger partial charge in [-0.05, 0) is 35.9 Å². The van der Waals surface area contributed by atoms with Gasteiger partial charge in [-0.1, -0.05) is 41.9 Å². The fraction of sp³-hybridized carbons (Fsp3) is 0.0909. The van der Waals surface area contributed by atoms with Crippen molar-refractivity contribution in [2.75, 3.05) is 6.54 Å². The van der Waals surface area contributed by atoms with Crippen LogP contribution < -0.4 is 5.43 Å². The fourth-order valence-corrected chi connectivity index (χ4v) is 4.45. The molecule has 1 amide bonds. The quantitative estimate of drug-likeness (QED) is 0.270. The van der Waals surface area contributed by atoms with Gasteiger partial charge in [-0.15, -0.1) is 0 Å². The summed E-state index contributed by atoms with van der Waals surface area (Å²) in [5.41, 5.74) is 2.64. The minimum Gasteiger partial charge on any atom is -0.272 e. The summed E-state index contributed by atoms with van der Waals surface area (Å²) in [6.45, 7) is -0.778. The van der Waals surface area contributed by atoms with Crippen molar-refractivity contribution >= 4 is 39.4 Å². The summed E-state index contributed by atoms with van der Waals surface area (Å²) in [5, 5.41) is 14.8. The summed E-state index contributed by atoms with van der Waals surface area (Å²) < 4.78 is 40.4. The second kappa shape index (κ2) is 11.0. The van der Waals surface area contributed by atoms with E-state index in [0.717, 1.165) is 10.5 Å². The van der Waals surface area contributed by atoms with Crippen molar-refractivity contribution in [1.82, 2.24) is 9.73 Å². The van der Waals surface area contributed by atoms with Crippen LogP contribution in [0.3, 0.4) is 0 Å². The highest BCUT2D eigenvalue weighted by Crippen LogP contribution is 2.21. The molecular weight excluding hydrogens is 487 g/mol. The van der Waals surface area contributed by atoms with Gasteiger partial charge in [0.25, 0.3) is 11.6 Å². The number of hydrogen-bond donors (Lipinski definition) is 1. The van der Waals surface area contributed by atoms with E-state index in [2.05, 4.69) is 10.5 Å². The standard InChI is InChI=1S/C22H18ClFN4O5S/c23-21-11-10-19(28(30)31)12-17(21)13-25-26-22(29)15-27(14-16-6-8-18(24)9-7-16)34(32,33)20-4-2-1-3-5-20/h1-13H,14-15H2,(H,26,29)/b25-13-. The average molecular weight is 505 g/mol. The molecule has 3 aromatic carbocycles. The number of nitrogens with zero attached hydrogens (tertiary/aromatic N) is 3. The number of rotatable bonds is 9. The monoisotopic (exact) mass is 504 g/mol. The number of nitrogens with one attached hydrogen (secondary N) is 1. The van der Waals surface area contributed by atoms with Crippen molar-refractivity contribution < 1.29 is 22.5 Å². The molecule has 0 aromatic heterocycles. The van der Waals surface area contributed by atoms with Crippen molar-refractivity contribution in [3.63, 3.8) is 0 Å². The van der Waals surface area contributed by atoms with Gasteiger partial charge in [0, 0.05) is 29.3 Å². The molecule has 0 saturated carbocycles. The molecule has 176 valence electrons. The Hall–Kier alpha value is -3.67. The lowest BCUT2D eigenvalue weighted by atomic mass is 10.2. The van der Waals surface area contributed by atoms with E-state index in [-0.39, 0.29) is 27.7 Å². The maximum atomic E-state index is 13.3. The zero-order valence-corrected chi connectivity index (χ0v) is 19.0. The molecule has 0 fully saturated rings. The highest BCUT2D eigenvalue weighted by molar-refractivity contribution is 7.89. The summed E-state index contributed by atoms with van der Waals surface area (Å²) in [4.78, 5) is 22.8. The molecule has 3 rings (SSSR count). The molecule has 9 nitrogen and oxygen atoms in total. The third-order valence-corrected chi connectivity index (χ3v) is 6.71. The Morgan fingerprint density at radius 2 is 1.79 bits per heavy atom. The van der Waals surface area contributed by atoms with Crippen LogP contribution in [-0.4, -0.2) is 36.3 Å². The SMILES string of the molecule is O=C(CN(Cc1ccc(F)cc1)S(=O)(=O)c1ccccc1)N/N=C\c1cc([N+](=O)[O-])ccc1Cl. The van der Waals surface area contributed by atoms with E-state index >= 15 is 0 Å². The highest BCUT2D eigenvalue weighted by Gasteiger charge is 2.26. The van der Waals surface area contributed by atoms with E-state index in [1.807, 2.05) is 0 Å². The molecule has 12 heteroatoms. The predicted molar refractivity (Wildman–Crippen MR) is 124 cm³/mol. The summed E-state index contributed by atoms with van der Waals surface area (Å²) in [6, 6.07) is 16.5. The number of benzene rings is 3. The zero-order chi connectivity index (χ0) is 24.7. The number of carbonyl (C=O) groups is 1. The number of halogens is 2. The highest BCUT2D eigenvalue weighted by atomic mass is 35.5. The lowest BCUT2D eigenvalue weighted by molar-refractivity contribution is -0.384. The molecule has 0 spiro atoms. The van der Waals surface area contributed by atoms with Crippen LogP contribution >= 0.6 is 11.6 Å². The number of carbonyl (C=O) groups excluding carboxylic acids is 1. The second-order valence-corrected chi connectivity index (χ2v) is 9.31. The minimum absolute atomic E-state index is 0.0169. The molecule has 0 heterocycles. The largest absolute Gasteiger partial charge is 0.272 e. The molecule has 0 bridgehead atoms. The first-order chi connectivity index (χ1) is 16.2. The van der Waals surface area contributed by atoms with Gasteiger partial charge in [0.05, 0.1) is 22.6 Å². The van der Waals surface area contributed by atoms with Crippen molar-refractivity contribution in [2.24, 2.45) is 5.10 Å². The molecule has 0 aliphatic carbocycles. The zero-order valence-electron chi connectivity index (χ0n) is 17.5. The van der Waals surface area contributed by atoms with Gasteiger partial charge < -0.3 is 0 Å². The number of hydrazone groups is 1. The van der Waals surface area contributed by atoms with Crippen molar-refractivity contribution in [1.29, 1.82) is 0 Å². The predicted octanol–water partition coefficient (Wildman–Crippen LogP) is 3.73. The molecular formula is C22H18ClFN4O5S. The number of non-ortho nitro benzene ring substituents is 1. The maximum absolute atomic E-state index is 13.3. The Balaban J connectivity index is 1.78. The van der Waals surface area contributed by atoms with Gasteiger partial charge in [0.15, 0.2) is 0 Å².